The molecular weight excluding hydrogens is 457 g/mol. The lowest BCUT2D eigenvalue weighted by molar-refractivity contribution is -0.274. The molecule has 3 N–H and O–H groups in total. The molecule has 2 aromatic carbocycles. The molecule has 0 radical (unpaired) electrons. The van der Waals surface area contributed by atoms with E-state index >= 15 is 0 Å². The van der Waals surface area contributed by atoms with Gasteiger partial charge in [0.1, 0.15) is 11.2 Å². The minimum atomic E-state index is -4.76. The molecule has 170 valence electrons. The van der Waals surface area contributed by atoms with Crippen LogP contribution in [0.4, 0.5) is 18.9 Å². The molecule has 0 amide bonds. The first-order valence-electron chi connectivity index (χ1n) is 8.99. The van der Waals surface area contributed by atoms with Crippen LogP contribution in [0.15, 0.2) is 53.4 Å². The fourth-order valence-electron chi connectivity index (χ4n) is 2.56. The van der Waals surface area contributed by atoms with Crippen LogP contribution in [0.25, 0.3) is 0 Å². The molecule has 1 atom stereocenters. The molecule has 0 spiro atoms. The van der Waals surface area contributed by atoms with E-state index in [4.69, 9.17) is 10.8 Å². The number of benzene rings is 2. The highest BCUT2D eigenvalue weighted by Gasteiger charge is 2.33. The third-order valence-corrected chi connectivity index (χ3v) is 6.89. The van der Waals surface area contributed by atoms with Crippen molar-refractivity contribution >= 4 is 33.3 Å². The molecule has 31 heavy (non-hydrogen) atoms. The Morgan fingerprint density at radius 2 is 1.87 bits per heavy atom. The van der Waals surface area contributed by atoms with E-state index in [-0.39, 0.29) is 23.8 Å². The summed E-state index contributed by atoms with van der Waals surface area (Å²) >= 11 is 1.16. The second kappa shape index (κ2) is 10.2. The van der Waals surface area contributed by atoms with Crippen molar-refractivity contribution in [2.45, 2.75) is 23.7 Å². The highest BCUT2D eigenvalue weighted by atomic mass is 32.2. The standard InChI is InChI=1S/C12H15F3N2O3S2.C7H6O2/c1-2-22(18,19)6-5-17-9-4-3-8(20-12(13,14)15)7-10(9)21-11(17)16;8-7(9)6-4-2-1-3-5-6/h3-4,7,11H,2,5-6,16H2,1H3;1-5H,(H,8,9). The number of hydrogen-bond donors (Lipinski definition) is 2. The summed E-state index contributed by atoms with van der Waals surface area (Å²) in [5, 5.41) is 8.38. The smallest absolute Gasteiger partial charge is 0.478 e. The number of carbonyl (C=O) groups is 1. The van der Waals surface area contributed by atoms with Crippen molar-refractivity contribution in [2.24, 2.45) is 5.73 Å². The van der Waals surface area contributed by atoms with Crippen molar-refractivity contribution in [3.63, 3.8) is 0 Å². The van der Waals surface area contributed by atoms with Gasteiger partial charge < -0.3 is 20.5 Å². The molecule has 1 aliphatic rings. The fraction of sp³-hybridized carbons (Fsp3) is 0.316. The predicted molar refractivity (Wildman–Crippen MR) is 112 cm³/mol. The van der Waals surface area contributed by atoms with Crippen LogP contribution in [-0.2, 0) is 9.84 Å². The van der Waals surface area contributed by atoms with Crippen LogP contribution >= 0.6 is 11.8 Å². The number of alkyl halides is 3. The Morgan fingerprint density at radius 1 is 1.23 bits per heavy atom. The van der Waals surface area contributed by atoms with E-state index in [0.29, 0.717) is 16.1 Å². The first-order valence-corrected chi connectivity index (χ1v) is 11.7. The number of hydrogen-bond acceptors (Lipinski definition) is 7. The third-order valence-electron chi connectivity index (χ3n) is 4.13. The van der Waals surface area contributed by atoms with E-state index in [1.807, 2.05) is 0 Å². The summed E-state index contributed by atoms with van der Waals surface area (Å²) in [4.78, 5) is 12.4. The minimum Gasteiger partial charge on any atom is -0.478 e. The van der Waals surface area contributed by atoms with E-state index in [9.17, 15) is 26.4 Å². The molecule has 0 saturated carbocycles. The number of carboxylic acid groups (broad SMARTS) is 1. The normalized spacial score (nSPS) is 15.6. The molecule has 0 fully saturated rings. The number of rotatable bonds is 6. The topological polar surface area (TPSA) is 110 Å². The van der Waals surface area contributed by atoms with E-state index in [1.165, 1.54) is 18.2 Å². The van der Waals surface area contributed by atoms with Gasteiger partial charge >= 0.3 is 12.3 Å². The zero-order chi connectivity index (χ0) is 23.2. The van der Waals surface area contributed by atoms with Crippen LogP contribution in [0.1, 0.15) is 17.3 Å². The molecule has 0 bridgehead atoms. The van der Waals surface area contributed by atoms with Gasteiger partial charge in [0.25, 0.3) is 0 Å². The molecule has 3 rings (SSSR count). The monoisotopic (exact) mass is 478 g/mol. The zero-order valence-corrected chi connectivity index (χ0v) is 18.0. The van der Waals surface area contributed by atoms with Gasteiger partial charge in [-0.25, -0.2) is 13.2 Å². The molecule has 7 nitrogen and oxygen atoms in total. The number of ether oxygens (including phenoxy) is 1. The summed E-state index contributed by atoms with van der Waals surface area (Å²) in [6.45, 7) is 1.75. The molecule has 1 aliphatic heterocycles. The molecule has 1 unspecified atom stereocenters. The lowest BCUT2D eigenvalue weighted by atomic mass is 10.2. The number of nitrogens with zero attached hydrogens (tertiary/aromatic N) is 1. The van der Waals surface area contributed by atoms with Crippen molar-refractivity contribution in [2.75, 3.05) is 23.0 Å². The summed E-state index contributed by atoms with van der Waals surface area (Å²) < 4.78 is 63.6. The lowest BCUT2D eigenvalue weighted by Crippen LogP contribution is -2.39. The molecule has 1 heterocycles. The van der Waals surface area contributed by atoms with E-state index in [1.54, 1.807) is 42.2 Å². The quantitative estimate of drug-likeness (QED) is 0.649. The van der Waals surface area contributed by atoms with Gasteiger partial charge in [-0.1, -0.05) is 36.9 Å². The van der Waals surface area contributed by atoms with Crippen molar-refractivity contribution in [1.29, 1.82) is 0 Å². The Bertz CT molecular complexity index is 1000. The summed E-state index contributed by atoms with van der Waals surface area (Å²) in [5.41, 5.74) is 6.31. The molecule has 0 aromatic heterocycles. The van der Waals surface area contributed by atoms with Gasteiger partial charge in [-0.05, 0) is 30.3 Å². The summed E-state index contributed by atoms with van der Waals surface area (Å²) in [7, 11) is -3.15. The van der Waals surface area contributed by atoms with Crippen molar-refractivity contribution in [3.05, 3.63) is 54.1 Å². The van der Waals surface area contributed by atoms with Crippen LogP contribution in [0.5, 0.6) is 5.75 Å². The first-order chi connectivity index (χ1) is 14.4. The number of fused-ring (bicyclic) bond motifs is 1. The van der Waals surface area contributed by atoms with Gasteiger partial charge in [-0.2, -0.15) is 0 Å². The number of carboxylic acids is 1. The van der Waals surface area contributed by atoms with Gasteiger partial charge in [0.2, 0.25) is 0 Å². The first kappa shape index (κ1) is 24.8. The Kier molecular flexibility index (Phi) is 8.21. The average Bonchev–Trinajstić information content (AvgIpc) is 3.00. The molecule has 2 aromatic rings. The van der Waals surface area contributed by atoms with Gasteiger partial charge in [-0.3, -0.25) is 0 Å². The maximum absolute atomic E-state index is 12.2. The van der Waals surface area contributed by atoms with Crippen LogP contribution in [-0.4, -0.2) is 49.4 Å². The number of aromatic carboxylic acids is 1. The van der Waals surface area contributed by atoms with Crippen LogP contribution in [0.2, 0.25) is 0 Å². The Balaban J connectivity index is 0.000000316. The SMILES string of the molecule is CCS(=O)(=O)CCN1c2ccc(OC(F)(F)F)cc2SC1N.O=C(O)c1ccccc1. The van der Waals surface area contributed by atoms with Gasteiger partial charge in [0.05, 0.1) is 17.0 Å². The van der Waals surface area contributed by atoms with E-state index in [2.05, 4.69) is 4.74 Å². The van der Waals surface area contributed by atoms with Crippen LogP contribution in [0.3, 0.4) is 0 Å². The van der Waals surface area contributed by atoms with E-state index in [0.717, 1.165) is 11.8 Å². The van der Waals surface area contributed by atoms with Gasteiger partial charge in [0.15, 0.2) is 9.84 Å². The second-order valence-electron chi connectivity index (χ2n) is 6.29. The maximum Gasteiger partial charge on any atom is 0.573 e. The lowest BCUT2D eigenvalue weighted by Gasteiger charge is -2.23. The van der Waals surface area contributed by atoms with Crippen LogP contribution in [0, 0.1) is 0 Å². The highest BCUT2D eigenvalue weighted by molar-refractivity contribution is 8.00. The molecule has 0 aliphatic carbocycles. The Hall–Kier alpha value is -2.44. The van der Waals surface area contributed by atoms with Crippen molar-refractivity contribution in [1.82, 2.24) is 0 Å². The van der Waals surface area contributed by atoms with Crippen molar-refractivity contribution < 1.29 is 36.2 Å². The second-order valence-corrected chi connectivity index (χ2v) is 9.92. The number of halogens is 3. The maximum atomic E-state index is 12.2. The zero-order valence-electron chi connectivity index (χ0n) is 16.4. The molecular formula is C19H21F3N2O5S2. The van der Waals surface area contributed by atoms with Crippen LogP contribution < -0.4 is 15.4 Å². The fourth-order valence-corrected chi connectivity index (χ4v) is 4.42. The number of nitrogens with two attached hydrogens (primary N) is 1. The molecule has 12 heteroatoms. The third kappa shape index (κ3) is 7.64. The Morgan fingerprint density at radius 3 is 2.39 bits per heavy atom. The highest BCUT2D eigenvalue weighted by Crippen LogP contribution is 2.43. The number of thioether (sulfide) groups is 1. The van der Waals surface area contributed by atoms with E-state index < -0.39 is 27.7 Å². The summed E-state index contributed by atoms with van der Waals surface area (Å²) in [6, 6.07) is 12.2. The van der Waals surface area contributed by atoms with Gasteiger partial charge in [-0.15, -0.1) is 13.2 Å². The summed E-state index contributed by atoms with van der Waals surface area (Å²) in [6.07, 6.45) is -4.76. The minimum absolute atomic E-state index is 0.0361. The molecule has 0 saturated heterocycles. The van der Waals surface area contributed by atoms with Gasteiger partial charge in [0, 0.05) is 17.2 Å². The van der Waals surface area contributed by atoms with Crippen molar-refractivity contribution in [3.8, 4) is 5.75 Å². The number of sulfone groups is 1. The average molecular weight is 479 g/mol. The largest absolute Gasteiger partial charge is 0.573 e. The predicted octanol–water partition coefficient (Wildman–Crippen LogP) is 3.56. The summed E-state index contributed by atoms with van der Waals surface area (Å²) in [5.74, 6) is -1.23. The Labute approximate surface area is 181 Å². The number of anilines is 1.